The van der Waals surface area contributed by atoms with Crippen molar-refractivity contribution in [2.24, 2.45) is 0 Å². The SMILES string of the molecule is Cc1nc(-c2nnn(CCOc3ccc(F)cc3)n2)sc1C(=O)CCc1cccnc1. The minimum absolute atomic E-state index is 0.0326. The average molecular weight is 438 g/mol. The van der Waals surface area contributed by atoms with Gasteiger partial charge in [0.25, 0.3) is 0 Å². The first-order valence-electron chi connectivity index (χ1n) is 9.64. The molecule has 0 aliphatic heterocycles. The minimum Gasteiger partial charge on any atom is -0.492 e. The van der Waals surface area contributed by atoms with Crippen molar-refractivity contribution in [3.63, 3.8) is 0 Å². The number of nitrogens with zero attached hydrogens (tertiary/aromatic N) is 6. The maximum Gasteiger partial charge on any atom is 0.233 e. The highest BCUT2D eigenvalue weighted by Gasteiger charge is 2.19. The molecule has 3 heterocycles. The Balaban J connectivity index is 1.35. The first kappa shape index (κ1) is 20.7. The molecule has 31 heavy (non-hydrogen) atoms. The Labute approximate surface area is 181 Å². The summed E-state index contributed by atoms with van der Waals surface area (Å²) in [5, 5.41) is 12.9. The van der Waals surface area contributed by atoms with E-state index in [1.165, 1.54) is 28.3 Å². The van der Waals surface area contributed by atoms with Gasteiger partial charge in [-0.2, -0.15) is 4.80 Å². The number of hydrogen-bond donors (Lipinski definition) is 0. The molecule has 0 aliphatic carbocycles. The van der Waals surface area contributed by atoms with E-state index in [0.29, 0.717) is 53.1 Å². The number of carbonyl (C=O) groups excluding carboxylic acids is 1. The zero-order valence-electron chi connectivity index (χ0n) is 16.7. The normalized spacial score (nSPS) is 10.9. The third-order valence-electron chi connectivity index (χ3n) is 4.43. The summed E-state index contributed by atoms with van der Waals surface area (Å²) in [5.74, 6) is 0.640. The lowest BCUT2D eigenvalue weighted by atomic mass is 10.1. The number of pyridine rings is 1. The Kier molecular flexibility index (Phi) is 6.37. The lowest BCUT2D eigenvalue weighted by Crippen LogP contribution is -2.11. The maximum atomic E-state index is 12.9. The van der Waals surface area contributed by atoms with E-state index in [1.807, 2.05) is 12.1 Å². The van der Waals surface area contributed by atoms with E-state index in [9.17, 15) is 9.18 Å². The molecule has 0 saturated carbocycles. The number of ether oxygens (including phenoxy) is 1. The van der Waals surface area contributed by atoms with Gasteiger partial charge >= 0.3 is 0 Å². The van der Waals surface area contributed by atoms with Crippen LogP contribution in [0.2, 0.25) is 0 Å². The van der Waals surface area contributed by atoms with Crippen molar-refractivity contribution in [3.05, 3.63) is 70.7 Å². The van der Waals surface area contributed by atoms with Crippen molar-refractivity contribution in [1.82, 2.24) is 30.2 Å². The van der Waals surface area contributed by atoms with Gasteiger partial charge in [0, 0.05) is 18.8 Å². The van der Waals surface area contributed by atoms with Crippen molar-refractivity contribution >= 4 is 17.1 Å². The molecule has 0 spiro atoms. The summed E-state index contributed by atoms with van der Waals surface area (Å²) in [7, 11) is 0. The first-order valence-corrected chi connectivity index (χ1v) is 10.5. The lowest BCUT2D eigenvalue weighted by Gasteiger charge is -2.04. The zero-order valence-corrected chi connectivity index (χ0v) is 17.5. The highest BCUT2D eigenvalue weighted by Crippen LogP contribution is 2.26. The minimum atomic E-state index is -0.316. The van der Waals surface area contributed by atoms with Crippen LogP contribution in [0.25, 0.3) is 10.8 Å². The quantitative estimate of drug-likeness (QED) is 0.369. The summed E-state index contributed by atoms with van der Waals surface area (Å²) < 4.78 is 18.5. The molecule has 8 nitrogen and oxygen atoms in total. The van der Waals surface area contributed by atoms with Gasteiger partial charge in [-0.15, -0.1) is 21.5 Å². The molecule has 0 N–H and O–H groups in total. The summed E-state index contributed by atoms with van der Waals surface area (Å²) in [4.78, 5) is 23.2. The molecule has 10 heteroatoms. The number of hydrogen-bond acceptors (Lipinski definition) is 8. The Hall–Kier alpha value is -3.53. The topological polar surface area (TPSA) is 95.7 Å². The third-order valence-corrected chi connectivity index (χ3v) is 5.63. The van der Waals surface area contributed by atoms with Crippen molar-refractivity contribution in [1.29, 1.82) is 0 Å². The number of aromatic nitrogens is 6. The van der Waals surface area contributed by atoms with E-state index < -0.39 is 0 Å². The standard InChI is InChI=1S/C21H19FN6O2S/c1-14-19(18(29)9-4-15-3-2-10-23-13-15)31-21(24-14)20-25-27-28(26-20)11-12-30-17-7-5-16(22)6-8-17/h2-3,5-8,10,13H,4,9,11-12H2,1H3. The Morgan fingerprint density at radius 2 is 2.06 bits per heavy atom. The molecule has 4 rings (SSSR count). The van der Waals surface area contributed by atoms with Crippen LogP contribution in [-0.2, 0) is 13.0 Å². The Morgan fingerprint density at radius 3 is 2.84 bits per heavy atom. The molecule has 0 atom stereocenters. The molecular weight excluding hydrogens is 419 g/mol. The predicted octanol–water partition coefficient (Wildman–Crippen LogP) is 3.53. The van der Waals surface area contributed by atoms with Crippen LogP contribution in [0.3, 0.4) is 0 Å². The van der Waals surface area contributed by atoms with Crippen molar-refractivity contribution < 1.29 is 13.9 Å². The van der Waals surface area contributed by atoms with Crippen LogP contribution in [0.15, 0.2) is 48.8 Å². The van der Waals surface area contributed by atoms with Crippen LogP contribution in [-0.4, -0.2) is 42.6 Å². The number of tetrazole rings is 1. The van der Waals surface area contributed by atoms with Crippen LogP contribution < -0.4 is 4.74 Å². The average Bonchev–Trinajstić information content (AvgIpc) is 3.41. The second kappa shape index (κ2) is 9.52. The second-order valence-electron chi connectivity index (χ2n) is 6.73. The highest BCUT2D eigenvalue weighted by atomic mass is 32.1. The summed E-state index contributed by atoms with van der Waals surface area (Å²) >= 11 is 1.27. The van der Waals surface area contributed by atoms with E-state index in [-0.39, 0.29) is 11.6 Å². The number of rotatable bonds is 9. The number of carbonyl (C=O) groups is 1. The van der Waals surface area contributed by atoms with E-state index in [0.717, 1.165) is 5.56 Å². The van der Waals surface area contributed by atoms with Crippen molar-refractivity contribution in [3.8, 4) is 16.6 Å². The fraction of sp³-hybridized carbons (Fsp3) is 0.238. The molecule has 0 unspecified atom stereocenters. The van der Waals surface area contributed by atoms with Crippen LogP contribution in [0.5, 0.6) is 5.75 Å². The van der Waals surface area contributed by atoms with Crippen LogP contribution >= 0.6 is 11.3 Å². The van der Waals surface area contributed by atoms with E-state index >= 15 is 0 Å². The Morgan fingerprint density at radius 1 is 1.23 bits per heavy atom. The van der Waals surface area contributed by atoms with Gasteiger partial charge in [-0.3, -0.25) is 9.78 Å². The van der Waals surface area contributed by atoms with Gasteiger partial charge in [0.1, 0.15) is 18.2 Å². The molecule has 0 fully saturated rings. The smallest absolute Gasteiger partial charge is 0.233 e. The zero-order chi connectivity index (χ0) is 21.6. The summed E-state index contributed by atoms with van der Waals surface area (Å²) in [6.45, 7) is 2.47. The van der Waals surface area contributed by atoms with Crippen molar-refractivity contribution in [2.75, 3.05) is 6.61 Å². The predicted molar refractivity (Wildman–Crippen MR) is 112 cm³/mol. The molecule has 4 aromatic rings. The maximum absolute atomic E-state index is 12.9. The van der Waals surface area contributed by atoms with Gasteiger partial charge in [0.15, 0.2) is 10.8 Å². The number of ketones is 1. The Bertz CT molecular complexity index is 1160. The molecule has 0 saturated heterocycles. The van der Waals surface area contributed by atoms with Crippen molar-refractivity contribution in [2.45, 2.75) is 26.3 Å². The van der Waals surface area contributed by atoms with Gasteiger partial charge in [0.05, 0.1) is 17.1 Å². The van der Waals surface area contributed by atoms with Gasteiger partial charge < -0.3 is 4.74 Å². The second-order valence-corrected chi connectivity index (χ2v) is 7.73. The van der Waals surface area contributed by atoms with E-state index in [4.69, 9.17) is 4.74 Å². The number of Topliss-reactive ketones (excluding diaryl/α,β-unsaturated/α-hetero) is 1. The summed E-state index contributed by atoms with van der Waals surface area (Å²) in [6, 6.07) is 9.59. The highest BCUT2D eigenvalue weighted by molar-refractivity contribution is 7.17. The molecule has 3 aromatic heterocycles. The molecule has 0 radical (unpaired) electrons. The molecule has 0 aliphatic rings. The molecule has 0 bridgehead atoms. The van der Waals surface area contributed by atoms with E-state index in [1.54, 1.807) is 31.5 Å². The first-order chi connectivity index (χ1) is 15.1. The third kappa shape index (κ3) is 5.34. The number of thiazole rings is 1. The summed E-state index contributed by atoms with van der Waals surface area (Å²) in [6.07, 6.45) is 4.48. The molecule has 158 valence electrons. The lowest BCUT2D eigenvalue weighted by molar-refractivity contribution is 0.0986. The van der Waals surface area contributed by atoms with Gasteiger partial charge in [-0.25, -0.2) is 9.37 Å². The fourth-order valence-corrected chi connectivity index (χ4v) is 3.83. The molecular formula is C21H19FN6O2S. The number of benzene rings is 1. The fourth-order valence-electron chi connectivity index (χ4n) is 2.87. The monoisotopic (exact) mass is 438 g/mol. The van der Waals surface area contributed by atoms with Gasteiger partial charge in [-0.1, -0.05) is 6.07 Å². The van der Waals surface area contributed by atoms with Crippen LogP contribution in [0.1, 0.15) is 27.3 Å². The largest absolute Gasteiger partial charge is 0.492 e. The molecule has 0 amide bonds. The van der Waals surface area contributed by atoms with Gasteiger partial charge in [0.2, 0.25) is 5.82 Å². The number of halogens is 1. The molecule has 1 aromatic carbocycles. The number of aryl methyl sites for hydroxylation is 2. The van der Waals surface area contributed by atoms with Gasteiger partial charge in [-0.05, 0) is 54.5 Å². The summed E-state index contributed by atoms with van der Waals surface area (Å²) in [5.41, 5.74) is 1.68. The van der Waals surface area contributed by atoms with Crippen LogP contribution in [0.4, 0.5) is 4.39 Å². The van der Waals surface area contributed by atoms with Crippen LogP contribution in [0, 0.1) is 12.7 Å². The van der Waals surface area contributed by atoms with E-state index in [2.05, 4.69) is 25.4 Å².